The summed E-state index contributed by atoms with van der Waals surface area (Å²) in [5.41, 5.74) is 0. The van der Waals surface area contributed by atoms with E-state index < -0.39 is 0 Å². The van der Waals surface area contributed by atoms with Crippen molar-refractivity contribution in [2.24, 2.45) is 17.8 Å². The fraction of sp³-hybridized carbons (Fsp3) is 0.588. The lowest BCUT2D eigenvalue weighted by Crippen LogP contribution is -2.50. The molecule has 1 saturated carbocycles. The molecule has 0 spiro atoms. The fourth-order valence-electron chi connectivity index (χ4n) is 4.13. The van der Waals surface area contributed by atoms with Crippen LogP contribution in [-0.2, 0) is 0 Å². The minimum Gasteiger partial charge on any atom is -0.459 e. The first kappa shape index (κ1) is 13.1. The maximum absolute atomic E-state index is 12.2. The van der Waals surface area contributed by atoms with Crippen LogP contribution < -0.4 is 0 Å². The van der Waals surface area contributed by atoms with E-state index in [9.17, 15) is 4.79 Å². The second-order valence-electron chi connectivity index (χ2n) is 6.61. The van der Waals surface area contributed by atoms with E-state index in [0.29, 0.717) is 5.76 Å². The lowest BCUT2D eigenvalue weighted by atomic mass is 9.93. The van der Waals surface area contributed by atoms with Crippen LogP contribution in [0.4, 0.5) is 0 Å². The number of allylic oxidation sites excluding steroid dienone is 2. The third kappa shape index (κ3) is 2.53. The summed E-state index contributed by atoms with van der Waals surface area (Å²) in [5, 5.41) is 0. The maximum Gasteiger partial charge on any atom is 0.289 e. The third-order valence-corrected chi connectivity index (χ3v) is 5.30. The first-order chi connectivity index (χ1) is 10.3. The molecule has 1 aliphatic heterocycles. The van der Waals surface area contributed by atoms with E-state index in [2.05, 4.69) is 17.1 Å². The highest BCUT2D eigenvalue weighted by Crippen LogP contribution is 2.43. The smallest absolute Gasteiger partial charge is 0.289 e. The van der Waals surface area contributed by atoms with Gasteiger partial charge >= 0.3 is 0 Å². The predicted molar refractivity (Wildman–Crippen MR) is 79.9 cm³/mol. The summed E-state index contributed by atoms with van der Waals surface area (Å²) in [6, 6.07) is 3.52. The van der Waals surface area contributed by atoms with Gasteiger partial charge in [0.25, 0.3) is 5.91 Å². The van der Waals surface area contributed by atoms with Crippen molar-refractivity contribution >= 4 is 5.91 Å². The first-order valence-electron chi connectivity index (χ1n) is 8.03. The van der Waals surface area contributed by atoms with Gasteiger partial charge in [0.2, 0.25) is 0 Å². The van der Waals surface area contributed by atoms with Gasteiger partial charge in [-0.25, -0.2) is 0 Å². The van der Waals surface area contributed by atoms with Crippen LogP contribution in [0.15, 0.2) is 35.0 Å². The fourth-order valence-corrected chi connectivity index (χ4v) is 4.13. The monoisotopic (exact) mass is 286 g/mol. The van der Waals surface area contributed by atoms with Gasteiger partial charge in [-0.15, -0.1) is 0 Å². The molecular weight excluding hydrogens is 264 g/mol. The van der Waals surface area contributed by atoms with Crippen molar-refractivity contribution in [1.82, 2.24) is 9.80 Å². The molecule has 4 heteroatoms. The number of carbonyl (C=O) groups is 1. The molecule has 112 valence electrons. The van der Waals surface area contributed by atoms with E-state index in [1.807, 2.05) is 4.90 Å². The summed E-state index contributed by atoms with van der Waals surface area (Å²) in [6.07, 6.45) is 9.14. The number of fused-ring (bicyclic) bond motifs is 2. The molecule has 0 unspecified atom stereocenters. The van der Waals surface area contributed by atoms with Gasteiger partial charge in [-0.3, -0.25) is 9.69 Å². The minimum atomic E-state index is 0.0301. The Morgan fingerprint density at radius 1 is 1.19 bits per heavy atom. The molecule has 0 N–H and O–H groups in total. The Kier molecular flexibility index (Phi) is 3.34. The van der Waals surface area contributed by atoms with Gasteiger partial charge in [0, 0.05) is 32.7 Å². The predicted octanol–water partition coefficient (Wildman–Crippen LogP) is 2.25. The molecule has 1 amide bonds. The highest BCUT2D eigenvalue weighted by molar-refractivity contribution is 5.91. The minimum absolute atomic E-state index is 0.0301. The quantitative estimate of drug-likeness (QED) is 0.800. The van der Waals surface area contributed by atoms with Crippen molar-refractivity contribution in [2.75, 3.05) is 32.7 Å². The van der Waals surface area contributed by atoms with Gasteiger partial charge in [0.1, 0.15) is 0 Å². The van der Waals surface area contributed by atoms with Crippen molar-refractivity contribution in [2.45, 2.75) is 12.8 Å². The molecule has 2 fully saturated rings. The van der Waals surface area contributed by atoms with Gasteiger partial charge < -0.3 is 9.32 Å². The van der Waals surface area contributed by atoms with Crippen LogP contribution in [0.1, 0.15) is 23.4 Å². The summed E-state index contributed by atoms with van der Waals surface area (Å²) in [4.78, 5) is 16.7. The molecule has 3 aliphatic rings. The molecule has 0 aromatic carbocycles. The number of hydrogen-bond donors (Lipinski definition) is 0. The van der Waals surface area contributed by atoms with Crippen LogP contribution in [-0.4, -0.2) is 48.4 Å². The second kappa shape index (κ2) is 5.34. The molecule has 3 atom stereocenters. The molecule has 21 heavy (non-hydrogen) atoms. The lowest BCUT2D eigenvalue weighted by Gasteiger charge is -2.36. The van der Waals surface area contributed by atoms with Crippen LogP contribution in [0, 0.1) is 17.8 Å². The van der Waals surface area contributed by atoms with Crippen LogP contribution in [0.3, 0.4) is 0 Å². The van der Waals surface area contributed by atoms with Crippen LogP contribution in [0.5, 0.6) is 0 Å². The highest BCUT2D eigenvalue weighted by atomic mass is 16.3. The van der Waals surface area contributed by atoms with Crippen LogP contribution >= 0.6 is 0 Å². The van der Waals surface area contributed by atoms with E-state index in [0.717, 1.165) is 43.9 Å². The molecule has 4 rings (SSSR count). The Bertz CT molecular complexity index is 529. The van der Waals surface area contributed by atoms with Gasteiger partial charge in [0.15, 0.2) is 5.76 Å². The average Bonchev–Trinajstić information content (AvgIpc) is 3.25. The summed E-state index contributed by atoms with van der Waals surface area (Å²) in [6.45, 7) is 4.81. The Balaban J connectivity index is 1.29. The second-order valence-corrected chi connectivity index (χ2v) is 6.61. The van der Waals surface area contributed by atoms with E-state index in [4.69, 9.17) is 4.42 Å². The Labute approximate surface area is 125 Å². The van der Waals surface area contributed by atoms with Crippen molar-refractivity contribution in [1.29, 1.82) is 0 Å². The molecule has 4 nitrogen and oxygen atoms in total. The standard InChI is InChI=1S/C17H22N2O2/c20-17(16-2-1-9-21-16)19-7-5-18(6-8-19)12-15-11-13-3-4-14(15)10-13/h1-4,9,13-15H,5-8,10-12H2/t13-,14-,15+/m0/s1. The highest BCUT2D eigenvalue weighted by Gasteiger charge is 2.36. The van der Waals surface area contributed by atoms with Crippen molar-refractivity contribution < 1.29 is 9.21 Å². The van der Waals surface area contributed by atoms with E-state index in [1.54, 1.807) is 18.4 Å². The molecule has 2 aliphatic carbocycles. The summed E-state index contributed by atoms with van der Waals surface area (Å²) >= 11 is 0. The molecule has 1 aromatic rings. The van der Waals surface area contributed by atoms with Crippen molar-refractivity contribution in [3.8, 4) is 0 Å². The number of nitrogens with zero attached hydrogens (tertiary/aromatic N) is 2. The molecule has 2 bridgehead atoms. The van der Waals surface area contributed by atoms with Crippen LogP contribution in [0.25, 0.3) is 0 Å². The third-order valence-electron chi connectivity index (χ3n) is 5.30. The summed E-state index contributed by atoms with van der Waals surface area (Å²) in [7, 11) is 0. The Hall–Kier alpha value is -1.55. The topological polar surface area (TPSA) is 36.7 Å². The van der Waals surface area contributed by atoms with E-state index >= 15 is 0 Å². The Morgan fingerprint density at radius 2 is 2.05 bits per heavy atom. The van der Waals surface area contributed by atoms with Gasteiger partial charge in [-0.2, -0.15) is 0 Å². The lowest BCUT2D eigenvalue weighted by molar-refractivity contribution is 0.0580. The average molecular weight is 286 g/mol. The molecule has 1 aromatic heterocycles. The van der Waals surface area contributed by atoms with Crippen molar-refractivity contribution in [3.63, 3.8) is 0 Å². The summed E-state index contributed by atoms with van der Waals surface area (Å²) in [5.74, 6) is 3.00. The number of hydrogen-bond acceptors (Lipinski definition) is 3. The zero-order valence-corrected chi connectivity index (χ0v) is 12.3. The van der Waals surface area contributed by atoms with Crippen LogP contribution in [0.2, 0.25) is 0 Å². The molecular formula is C17H22N2O2. The number of piperazine rings is 1. The number of amides is 1. The molecule has 2 heterocycles. The van der Waals surface area contributed by atoms with E-state index in [1.165, 1.54) is 19.4 Å². The van der Waals surface area contributed by atoms with Crippen molar-refractivity contribution in [3.05, 3.63) is 36.3 Å². The zero-order valence-electron chi connectivity index (χ0n) is 12.3. The number of furan rings is 1. The number of carbonyl (C=O) groups excluding carboxylic acids is 1. The zero-order chi connectivity index (χ0) is 14.2. The van der Waals surface area contributed by atoms with E-state index in [-0.39, 0.29) is 5.91 Å². The van der Waals surface area contributed by atoms with Gasteiger partial charge in [-0.1, -0.05) is 12.2 Å². The number of rotatable bonds is 3. The largest absolute Gasteiger partial charge is 0.459 e. The maximum atomic E-state index is 12.2. The van der Waals surface area contributed by atoms with Gasteiger partial charge in [0.05, 0.1) is 6.26 Å². The van der Waals surface area contributed by atoms with Gasteiger partial charge in [-0.05, 0) is 42.7 Å². The Morgan fingerprint density at radius 3 is 2.67 bits per heavy atom. The molecule has 0 radical (unpaired) electrons. The SMILES string of the molecule is O=C(c1ccco1)N1CCN(C[C@H]2C[C@H]3C=C[C@H]2C3)CC1. The molecule has 1 saturated heterocycles. The normalized spacial score (nSPS) is 32.0. The summed E-state index contributed by atoms with van der Waals surface area (Å²) < 4.78 is 5.20. The first-order valence-corrected chi connectivity index (χ1v) is 8.03.